The minimum atomic E-state index is -0.259. The number of nitrogens with zero attached hydrogens (tertiary/aromatic N) is 7. The molecule has 148 valence electrons. The van der Waals surface area contributed by atoms with Gasteiger partial charge in [-0.2, -0.15) is 10.2 Å². The number of hydrogen-bond acceptors (Lipinski definition) is 7. The Morgan fingerprint density at radius 1 is 1.07 bits per heavy atom. The fraction of sp³-hybridized carbons (Fsp3) is 0.333. The van der Waals surface area contributed by atoms with Crippen molar-refractivity contribution in [2.45, 2.75) is 46.3 Å². The number of benzene rings is 1. The Bertz CT molecular complexity index is 1130. The molecule has 0 aliphatic heterocycles. The van der Waals surface area contributed by atoms with E-state index in [2.05, 4.69) is 41.1 Å². The van der Waals surface area contributed by atoms with Gasteiger partial charge in [0.25, 0.3) is 0 Å². The van der Waals surface area contributed by atoms with Crippen LogP contribution in [0.5, 0.6) is 5.88 Å². The van der Waals surface area contributed by atoms with Gasteiger partial charge >= 0.3 is 0 Å². The average Bonchev–Trinajstić information content (AvgIpc) is 3.18. The Kier molecular flexibility index (Phi) is 4.92. The summed E-state index contributed by atoms with van der Waals surface area (Å²) in [7, 11) is 0. The monoisotopic (exact) mass is 389 g/mol. The summed E-state index contributed by atoms with van der Waals surface area (Å²) < 4.78 is 7.90. The molecule has 4 rings (SSSR count). The molecule has 1 aromatic carbocycles. The lowest BCUT2D eigenvalue weighted by molar-refractivity contribution is 0.267. The van der Waals surface area contributed by atoms with Crippen molar-refractivity contribution < 1.29 is 4.74 Å². The number of rotatable bonds is 5. The molecule has 0 atom stereocenters. The van der Waals surface area contributed by atoms with Crippen LogP contribution in [0.4, 0.5) is 0 Å². The second-order valence-electron chi connectivity index (χ2n) is 7.70. The fourth-order valence-corrected chi connectivity index (χ4v) is 3.06. The number of fused-ring (bicyclic) bond motifs is 1. The van der Waals surface area contributed by atoms with Gasteiger partial charge in [0.05, 0.1) is 6.20 Å². The van der Waals surface area contributed by atoms with Gasteiger partial charge in [-0.3, -0.25) is 0 Å². The summed E-state index contributed by atoms with van der Waals surface area (Å²) in [6, 6.07) is 9.84. The van der Waals surface area contributed by atoms with Crippen molar-refractivity contribution in [3.8, 4) is 17.1 Å². The number of aryl methyl sites for hydroxylation is 1. The van der Waals surface area contributed by atoms with E-state index in [4.69, 9.17) is 14.7 Å². The zero-order valence-electron chi connectivity index (χ0n) is 17.0. The fourth-order valence-electron chi connectivity index (χ4n) is 3.06. The molecule has 0 bridgehead atoms. The van der Waals surface area contributed by atoms with Gasteiger partial charge in [0, 0.05) is 17.5 Å². The van der Waals surface area contributed by atoms with Gasteiger partial charge < -0.3 is 4.74 Å². The highest BCUT2D eigenvalue weighted by Crippen LogP contribution is 2.32. The van der Waals surface area contributed by atoms with E-state index in [-0.39, 0.29) is 12.0 Å². The predicted octanol–water partition coefficient (Wildman–Crippen LogP) is 3.57. The van der Waals surface area contributed by atoms with Crippen molar-refractivity contribution in [2.24, 2.45) is 0 Å². The van der Waals surface area contributed by atoms with E-state index in [1.54, 1.807) is 10.9 Å². The average molecular weight is 389 g/mol. The number of hydrogen-bond donors (Lipinski definition) is 0. The van der Waals surface area contributed by atoms with Crippen LogP contribution >= 0.6 is 0 Å². The standard InChI is InChI=1S/C21H23N7O/c1-5-28-16(22-13-24-28)12-29-20-19(21(2,3)4)25-15-11-23-27-17(18(15)26-20)14-9-7-6-8-10-14/h6-11,13H,5,12H2,1-4H3. The van der Waals surface area contributed by atoms with Crippen molar-refractivity contribution in [2.75, 3.05) is 0 Å². The van der Waals surface area contributed by atoms with Crippen molar-refractivity contribution in [1.82, 2.24) is 34.9 Å². The molecule has 4 aromatic rings. The van der Waals surface area contributed by atoms with E-state index in [9.17, 15) is 0 Å². The van der Waals surface area contributed by atoms with Crippen LogP contribution in [0.2, 0.25) is 0 Å². The highest BCUT2D eigenvalue weighted by Gasteiger charge is 2.25. The van der Waals surface area contributed by atoms with Crippen LogP contribution in [0.25, 0.3) is 22.3 Å². The minimum absolute atomic E-state index is 0.259. The molecule has 0 radical (unpaired) electrons. The van der Waals surface area contributed by atoms with Crippen molar-refractivity contribution in [1.29, 1.82) is 0 Å². The van der Waals surface area contributed by atoms with Gasteiger partial charge in [0.2, 0.25) is 5.88 Å². The van der Waals surface area contributed by atoms with E-state index in [0.29, 0.717) is 22.6 Å². The quantitative estimate of drug-likeness (QED) is 0.515. The summed E-state index contributed by atoms with van der Waals surface area (Å²) in [6.45, 7) is 9.24. The molecule has 29 heavy (non-hydrogen) atoms. The zero-order chi connectivity index (χ0) is 20.4. The third kappa shape index (κ3) is 3.78. The van der Waals surface area contributed by atoms with Crippen LogP contribution in [0.3, 0.4) is 0 Å². The lowest BCUT2D eigenvalue weighted by atomic mass is 9.92. The van der Waals surface area contributed by atoms with Crippen molar-refractivity contribution >= 4 is 11.0 Å². The summed E-state index contributed by atoms with van der Waals surface area (Å²) in [5.74, 6) is 1.21. The molecule has 0 amide bonds. The molecule has 3 aromatic heterocycles. The largest absolute Gasteiger partial charge is 0.468 e. The Hall–Kier alpha value is -3.42. The summed E-state index contributed by atoms with van der Waals surface area (Å²) in [5.41, 5.74) is 3.46. The van der Waals surface area contributed by atoms with Gasteiger partial charge in [-0.05, 0) is 6.92 Å². The first-order valence-corrected chi connectivity index (χ1v) is 9.56. The molecule has 0 aliphatic carbocycles. The smallest absolute Gasteiger partial charge is 0.237 e. The first-order chi connectivity index (χ1) is 14.0. The van der Waals surface area contributed by atoms with E-state index in [1.807, 2.05) is 37.3 Å². The van der Waals surface area contributed by atoms with Crippen LogP contribution in [-0.4, -0.2) is 34.9 Å². The maximum atomic E-state index is 6.10. The molecule has 0 fully saturated rings. The van der Waals surface area contributed by atoms with E-state index in [1.165, 1.54) is 6.33 Å². The summed E-state index contributed by atoms with van der Waals surface area (Å²) in [4.78, 5) is 13.9. The van der Waals surface area contributed by atoms with Gasteiger partial charge in [-0.1, -0.05) is 51.1 Å². The molecule has 8 nitrogen and oxygen atoms in total. The lowest BCUT2D eigenvalue weighted by Crippen LogP contribution is -2.18. The maximum Gasteiger partial charge on any atom is 0.237 e. The Morgan fingerprint density at radius 3 is 2.59 bits per heavy atom. The summed E-state index contributed by atoms with van der Waals surface area (Å²) >= 11 is 0. The third-order valence-electron chi connectivity index (χ3n) is 4.54. The number of ether oxygens (including phenoxy) is 1. The second-order valence-corrected chi connectivity index (χ2v) is 7.70. The van der Waals surface area contributed by atoms with Crippen LogP contribution in [0.1, 0.15) is 39.2 Å². The van der Waals surface area contributed by atoms with Crippen LogP contribution < -0.4 is 4.74 Å². The predicted molar refractivity (Wildman–Crippen MR) is 109 cm³/mol. The normalized spacial score (nSPS) is 11.7. The molecule has 0 saturated carbocycles. The topological polar surface area (TPSA) is 91.5 Å². The maximum absolute atomic E-state index is 6.10. The van der Waals surface area contributed by atoms with Crippen molar-refractivity contribution in [3.63, 3.8) is 0 Å². The molecular weight excluding hydrogens is 366 g/mol. The zero-order valence-corrected chi connectivity index (χ0v) is 17.0. The molecular formula is C21H23N7O. The van der Waals surface area contributed by atoms with Crippen LogP contribution in [-0.2, 0) is 18.6 Å². The molecule has 0 spiro atoms. The Labute approximate surface area is 169 Å². The van der Waals surface area contributed by atoms with Crippen LogP contribution in [0, 0.1) is 0 Å². The molecule has 8 heteroatoms. The van der Waals surface area contributed by atoms with Gasteiger partial charge in [0.1, 0.15) is 35.4 Å². The molecule has 0 saturated heterocycles. The lowest BCUT2D eigenvalue weighted by Gasteiger charge is -2.21. The first-order valence-electron chi connectivity index (χ1n) is 9.56. The van der Waals surface area contributed by atoms with E-state index < -0.39 is 0 Å². The second kappa shape index (κ2) is 7.54. The van der Waals surface area contributed by atoms with E-state index in [0.717, 1.165) is 23.6 Å². The van der Waals surface area contributed by atoms with Crippen molar-refractivity contribution in [3.05, 3.63) is 54.4 Å². The van der Waals surface area contributed by atoms with Gasteiger partial charge in [0.15, 0.2) is 5.82 Å². The third-order valence-corrected chi connectivity index (χ3v) is 4.54. The summed E-state index contributed by atoms with van der Waals surface area (Å²) in [6.07, 6.45) is 3.17. The van der Waals surface area contributed by atoms with Gasteiger partial charge in [-0.15, -0.1) is 5.10 Å². The first kappa shape index (κ1) is 18.9. The molecule has 3 heterocycles. The van der Waals surface area contributed by atoms with E-state index >= 15 is 0 Å². The highest BCUT2D eigenvalue weighted by molar-refractivity contribution is 5.88. The highest BCUT2D eigenvalue weighted by atomic mass is 16.5. The summed E-state index contributed by atoms with van der Waals surface area (Å²) in [5, 5.41) is 12.6. The minimum Gasteiger partial charge on any atom is -0.468 e. The SMILES string of the molecule is CCn1ncnc1COc1nc2c(-c3ccccc3)nncc2nc1C(C)(C)C. The Balaban J connectivity index is 1.82. The van der Waals surface area contributed by atoms with Crippen LogP contribution in [0.15, 0.2) is 42.9 Å². The molecule has 0 unspecified atom stereocenters. The molecule has 0 aliphatic rings. The Morgan fingerprint density at radius 2 is 1.86 bits per heavy atom. The molecule has 0 N–H and O–H groups in total. The number of aromatic nitrogens is 7. The van der Waals surface area contributed by atoms with Gasteiger partial charge in [-0.25, -0.2) is 19.6 Å².